The Labute approximate surface area is 116 Å². The minimum absolute atomic E-state index is 0.00301. The van der Waals surface area contributed by atoms with Crippen LogP contribution in [0, 0.1) is 0 Å². The van der Waals surface area contributed by atoms with Crippen LogP contribution in [0.1, 0.15) is 5.69 Å². The summed E-state index contributed by atoms with van der Waals surface area (Å²) < 4.78 is 6.30. The summed E-state index contributed by atoms with van der Waals surface area (Å²) in [6.45, 7) is -0.758. The summed E-state index contributed by atoms with van der Waals surface area (Å²) in [5.74, 6) is 0. The molecule has 1 aliphatic heterocycles. The molecule has 2 aromatic rings. The number of aromatic amines is 2. The van der Waals surface area contributed by atoms with Crippen LogP contribution in [0.15, 0.2) is 9.59 Å². The molecule has 1 aliphatic rings. The second-order valence-electron chi connectivity index (χ2n) is 4.95. The third-order valence-electron chi connectivity index (χ3n) is 3.73. The number of aliphatic hydroxyl groups is 3. The lowest BCUT2D eigenvalue weighted by Crippen LogP contribution is -2.46. The second-order valence-corrected chi connectivity index (χ2v) is 4.95. The van der Waals surface area contributed by atoms with Crippen molar-refractivity contribution in [3.8, 4) is 0 Å². The van der Waals surface area contributed by atoms with Gasteiger partial charge in [-0.1, -0.05) is 0 Å². The third-order valence-corrected chi connectivity index (χ3v) is 3.73. The summed E-state index contributed by atoms with van der Waals surface area (Å²) in [5, 5.41) is 34.1. The predicted molar refractivity (Wildman–Crippen MR) is 68.7 cm³/mol. The molecule has 3 atom stereocenters. The molecule has 3 rings (SSSR count). The first-order valence-corrected chi connectivity index (χ1v) is 6.22. The molecule has 10 heteroatoms. The van der Waals surface area contributed by atoms with Crippen molar-refractivity contribution in [2.24, 2.45) is 7.05 Å². The zero-order chi connectivity index (χ0) is 15.4. The first-order chi connectivity index (χ1) is 9.89. The zero-order valence-corrected chi connectivity index (χ0v) is 11.0. The molecule has 0 aliphatic carbocycles. The van der Waals surface area contributed by atoms with Crippen LogP contribution >= 0.6 is 0 Å². The summed E-state index contributed by atoms with van der Waals surface area (Å²) in [5.41, 5.74) is -3.55. The van der Waals surface area contributed by atoms with Crippen LogP contribution in [-0.2, 0) is 17.4 Å². The van der Waals surface area contributed by atoms with Crippen LogP contribution in [0.2, 0.25) is 0 Å². The molecule has 1 fully saturated rings. The summed E-state index contributed by atoms with van der Waals surface area (Å²) in [6, 6.07) is 0. The summed E-state index contributed by atoms with van der Waals surface area (Å²) in [4.78, 5) is 27.7. The Morgan fingerprint density at radius 2 is 2.19 bits per heavy atom. The standard InChI is InChI=1S/C11H14N4O6/c1-15-7-6(12-10(19)13-9(7)18)8(14-15)11(20)4(17)3-21-5(11)2-16/h4-5,16-17,20H,2-3H2,1H3,(H2,12,13,18,19)/t4-,5+,11-/m0/s1. The van der Waals surface area contributed by atoms with E-state index in [9.17, 15) is 24.9 Å². The van der Waals surface area contributed by atoms with E-state index in [2.05, 4.69) is 15.1 Å². The molecular formula is C11H14N4O6. The maximum absolute atomic E-state index is 11.8. The maximum Gasteiger partial charge on any atom is 0.326 e. The summed E-state index contributed by atoms with van der Waals surface area (Å²) in [6.07, 6.45) is -2.47. The normalized spacial score (nSPS) is 29.3. The SMILES string of the molecule is Cn1nc([C@]2(O)[C@@H](O)CO[C@@H]2CO)c2[nH]c(=O)[nH]c(=O)c21. The number of aromatic nitrogens is 4. The molecule has 21 heavy (non-hydrogen) atoms. The number of aryl methyl sites for hydroxylation is 1. The monoisotopic (exact) mass is 298 g/mol. The Balaban J connectivity index is 2.35. The van der Waals surface area contributed by atoms with Gasteiger partial charge in [0, 0.05) is 7.05 Å². The molecule has 0 spiro atoms. The number of aliphatic hydroxyl groups excluding tert-OH is 2. The van der Waals surface area contributed by atoms with Crippen molar-refractivity contribution in [3.05, 3.63) is 26.5 Å². The van der Waals surface area contributed by atoms with Gasteiger partial charge in [0.1, 0.15) is 28.9 Å². The Hall–Kier alpha value is -2.01. The number of ether oxygens (including phenoxy) is 1. The van der Waals surface area contributed by atoms with E-state index < -0.39 is 35.7 Å². The van der Waals surface area contributed by atoms with E-state index >= 15 is 0 Å². The topological polar surface area (TPSA) is 153 Å². The van der Waals surface area contributed by atoms with Gasteiger partial charge in [-0.3, -0.25) is 14.5 Å². The smallest absolute Gasteiger partial charge is 0.326 e. The lowest BCUT2D eigenvalue weighted by Gasteiger charge is -2.28. The Kier molecular flexibility index (Phi) is 2.99. The van der Waals surface area contributed by atoms with E-state index in [1.807, 2.05) is 0 Å². The van der Waals surface area contributed by atoms with Gasteiger partial charge in [0.15, 0.2) is 5.60 Å². The molecule has 1 saturated heterocycles. The lowest BCUT2D eigenvalue weighted by atomic mass is 9.89. The highest BCUT2D eigenvalue weighted by Gasteiger charge is 2.54. The zero-order valence-electron chi connectivity index (χ0n) is 11.0. The number of hydrogen-bond acceptors (Lipinski definition) is 7. The highest BCUT2D eigenvalue weighted by Crippen LogP contribution is 2.37. The second kappa shape index (κ2) is 4.49. The van der Waals surface area contributed by atoms with Crippen LogP contribution in [-0.4, -0.2) is 60.5 Å². The molecule has 0 aromatic carbocycles. The largest absolute Gasteiger partial charge is 0.394 e. The maximum atomic E-state index is 11.8. The minimum atomic E-state index is -2.02. The Morgan fingerprint density at radius 3 is 2.86 bits per heavy atom. The van der Waals surface area contributed by atoms with E-state index in [0.29, 0.717) is 0 Å². The predicted octanol–water partition coefficient (Wildman–Crippen LogP) is -3.11. The van der Waals surface area contributed by atoms with Crippen molar-refractivity contribution in [1.82, 2.24) is 19.7 Å². The van der Waals surface area contributed by atoms with Crippen molar-refractivity contribution < 1.29 is 20.1 Å². The van der Waals surface area contributed by atoms with Gasteiger partial charge < -0.3 is 25.0 Å². The van der Waals surface area contributed by atoms with E-state index in [0.717, 1.165) is 0 Å². The van der Waals surface area contributed by atoms with Crippen molar-refractivity contribution in [2.75, 3.05) is 13.2 Å². The van der Waals surface area contributed by atoms with Crippen LogP contribution in [0.25, 0.3) is 11.0 Å². The molecule has 114 valence electrons. The van der Waals surface area contributed by atoms with Gasteiger partial charge in [0.05, 0.1) is 13.2 Å². The molecule has 0 saturated carbocycles. The molecule has 10 nitrogen and oxygen atoms in total. The molecule has 2 aromatic heterocycles. The van der Waals surface area contributed by atoms with Gasteiger partial charge in [-0.15, -0.1) is 0 Å². The average Bonchev–Trinajstić information content (AvgIpc) is 2.89. The number of H-pyrrole nitrogens is 2. The number of rotatable bonds is 2. The highest BCUT2D eigenvalue weighted by atomic mass is 16.5. The van der Waals surface area contributed by atoms with Gasteiger partial charge in [0.25, 0.3) is 5.56 Å². The molecule has 0 bridgehead atoms. The quantitative estimate of drug-likeness (QED) is 0.393. The van der Waals surface area contributed by atoms with Crippen molar-refractivity contribution in [1.29, 1.82) is 0 Å². The van der Waals surface area contributed by atoms with Crippen LogP contribution in [0.4, 0.5) is 0 Å². The van der Waals surface area contributed by atoms with Crippen LogP contribution in [0.3, 0.4) is 0 Å². The van der Waals surface area contributed by atoms with Crippen LogP contribution in [0.5, 0.6) is 0 Å². The fraction of sp³-hybridized carbons (Fsp3) is 0.545. The van der Waals surface area contributed by atoms with Gasteiger partial charge >= 0.3 is 5.69 Å². The fourth-order valence-electron chi connectivity index (χ4n) is 2.67. The first-order valence-electron chi connectivity index (χ1n) is 6.22. The number of hydrogen-bond donors (Lipinski definition) is 5. The number of nitrogens with one attached hydrogen (secondary N) is 2. The lowest BCUT2D eigenvalue weighted by molar-refractivity contribution is -0.100. The molecule has 3 heterocycles. The Bertz CT molecular complexity index is 807. The number of nitrogens with zero attached hydrogens (tertiary/aromatic N) is 2. The first kappa shape index (κ1) is 13.9. The summed E-state index contributed by atoms with van der Waals surface area (Å²) >= 11 is 0. The van der Waals surface area contributed by atoms with Gasteiger partial charge in [0.2, 0.25) is 0 Å². The van der Waals surface area contributed by atoms with Crippen molar-refractivity contribution >= 4 is 11.0 Å². The number of fused-ring (bicyclic) bond motifs is 1. The minimum Gasteiger partial charge on any atom is -0.394 e. The van der Waals surface area contributed by atoms with E-state index in [-0.39, 0.29) is 23.3 Å². The molecule has 0 unspecified atom stereocenters. The van der Waals surface area contributed by atoms with Gasteiger partial charge in [-0.2, -0.15) is 5.10 Å². The molecule has 0 radical (unpaired) electrons. The van der Waals surface area contributed by atoms with Crippen molar-refractivity contribution in [2.45, 2.75) is 17.8 Å². The molecular weight excluding hydrogens is 284 g/mol. The highest BCUT2D eigenvalue weighted by molar-refractivity contribution is 5.77. The van der Waals surface area contributed by atoms with Crippen molar-refractivity contribution in [3.63, 3.8) is 0 Å². The Morgan fingerprint density at radius 1 is 1.48 bits per heavy atom. The summed E-state index contributed by atoms with van der Waals surface area (Å²) in [7, 11) is 1.46. The third kappa shape index (κ3) is 1.77. The van der Waals surface area contributed by atoms with E-state index in [4.69, 9.17) is 4.74 Å². The van der Waals surface area contributed by atoms with Crippen LogP contribution < -0.4 is 11.2 Å². The van der Waals surface area contributed by atoms with Gasteiger partial charge in [-0.25, -0.2) is 4.79 Å². The molecule has 0 amide bonds. The fourth-order valence-corrected chi connectivity index (χ4v) is 2.67. The molecule has 5 N–H and O–H groups in total. The van der Waals surface area contributed by atoms with E-state index in [1.165, 1.54) is 11.7 Å². The van der Waals surface area contributed by atoms with E-state index in [1.54, 1.807) is 0 Å². The van der Waals surface area contributed by atoms with Gasteiger partial charge in [-0.05, 0) is 0 Å². The average molecular weight is 298 g/mol.